The molecule has 0 aromatic rings. The first kappa shape index (κ1) is 19.7. The van der Waals surface area contributed by atoms with Crippen LogP contribution in [0.4, 0.5) is 0 Å². The first-order valence-electron chi connectivity index (χ1n) is 8.05. The monoisotopic (exact) mass is 336 g/mol. The second-order valence-corrected chi connectivity index (χ2v) is 5.73. The number of carboxylic acid groups (broad SMARTS) is 1. The predicted molar refractivity (Wildman–Crippen MR) is 89.1 cm³/mol. The Morgan fingerprint density at radius 2 is 2.08 bits per heavy atom. The third-order valence-electron chi connectivity index (χ3n) is 3.75. The summed E-state index contributed by atoms with van der Waals surface area (Å²) >= 11 is 0. The summed E-state index contributed by atoms with van der Waals surface area (Å²) < 4.78 is 5.18. The Morgan fingerprint density at radius 3 is 2.79 bits per heavy atom. The van der Waals surface area contributed by atoms with Crippen LogP contribution >= 0.6 is 0 Å². The zero-order valence-corrected chi connectivity index (χ0v) is 13.7. The molecule has 0 saturated carbocycles. The molecule has 0 saturated heterocycles. The molecular weight excluding hydrogens is 312 g/mol. The van der Waals surface area contributed by atoms with Crippen molar-refractivity contribution in [2.75, 3.05) is 13.2 Å². The van der Waals surface area contributed by atoms with E-state index in [1.54, 1.807) is 0 Å². The van der Waals surface area contributed by atoms with Gasteiger partial charge < -0.3 is 15.6 Å². The summed E-state index contributed by atoms with van der Waals surface area (Å²) in [7, 11) is 0. The minimum atomic E-state index is -0.993. The summed E-state index contributed by atoms with van der Waals surface area (Å²) in [6, 6.07) is -0.825. The molecule has 3 N–H and O–H groups in total. The number of hydrogen-bond acceptors (Lipinski definition) is 5. The number of carbonyl (C=O) groups excluding carboxylic acids is 1. The van der Waals surface area contributed by atoms with E-state index in [1.165, 1.54) is 0 Å². The average Bonchev–Trinajstić information content (AvgIpc) is 3.00. The van der Waals surface area contributed by atoms with Gasteiger partial charge in [-0.1, -0.05) is 41.3 Å². The molecule has 0 aliphatic heterocycles. The number of carboxylic acids is 1. The third-order valence-corrected chi connectivity index (χ3v) is 3.75. The van der Waals surface area contributed by atoms with Crippen LogP contribution in [0.3, 0.4) is 0 Å². The molecule has 0 bridgehead atoms. The second kappa shape index (κ2) is 11.3. The number of nitrogens with two attached hydrogens (primary N) is 1. The van der Waals surface area contributed by atoms with Gasteiger partial charge >= 0.3 is 11.9 Å². The van der Waals surface area contributed by atoms with Crippen molar-refractivity contribution in [1.82, 2.24) is 0 Å². The average molecular weight is 336 g/mol. The number of hydrogen-bond donors (Lipinski definition) is 2. The normalized spacial score (nSPS) is 14.4. The van der Waals surface area contributed by atoms with E-state index in [0.29, 0.717) is 45.3 Å². The summed E-state index contributed by atoms with van der Waals surface area (Å²) in [5, 5.41) is 12.2. The lowest BCUT2D eigenvalue weighted by Gasteiger charge is -2.07. The van der Waals surface area contributed by atoms with Crippen LogP contribution in [0.5, 0.6) is 0 Å². The Labute approximate surface area is 141 Å². The Bertz CT molecular complexity index is 550. The van der Waals surface area contributed by atoms with E-state index in [0.717, 1.165) is 24.0 Å². The van der Waals surface area contributed by atoms with Crippen molar-refractivity contribution in [3.05, 3.63) is 33.7 Å². The van der Waals surface area contributed by atoms with Crippen LogP contribution in [-0.2, 0) is 14.3 Å². The van der Waals surface area contributed by atoms with E-state index in [2.05, 4.69) is 10.0 Å². The minimum absolute atomic E-state index is 0.238. The van der Waals surface area contributed by atoms with Crippen LogP contribution < -0.4 is 5.73 Å². The number of aliphatic carboxylic acids is 1. The van der Waals surface area contributed by atoms with Crippen molar-refractivity contribution < 1.29 is 19.4 Å². The first-order chi connectivity index (χ1) is 11.5. The maximum absolute atomic E-state index is 11.6. The molecule has 1 atom stereocenters. The quantitative estimate of drug-likeness (QED) is 0.185. The fourth-order valence-corrected chi connectivity index (χ4v) is 2.35. The van der Waals surface area contributed by atoms with Gasteiger partial charge in [-0.2, -0.15) is 0 Å². The van der Waals surface area contributed by atoms with Gasteiger partial charge in [0.05, 0.1) is 6.61 Å². The molecule has 8 heteroatoms. The number of carbonyl (C=O) groups is 2. The van der Waals surface area contributed by atoms with E-state index in [9.17, 15) is 9.59 Å². The predicted octanol–water partition coefficient (Wildman–Crippen LogP) is 2.85. The van der Waals surface area contributed by atoms with Crippen LogP contribution in [0, 0.1) is 0 Å². The van der Waals surface area contributed by atoms with Gasteiger partial charge in [0.1, 0.15) is 6.04 Å². The molecule has 24 heavy (non-hydrogen) atoms. The van der Waals surface area contributed by atoms with E-state index in [4.69, 9.17) is 21.1 Å². The maximum Gasteiger partial charge on any atom is 0.320 e. The molecule has 132 valence electrons. The summed E-state index contributed by atoms with van der Waals surface area (Å²) in [6.07, 6.45) is 8.23. The lowest BCUT2D eigenvalue weighted by Crippen LogP contribution is -2.29. The molecule has 1 aliphatic rings. The number of allylic oxidation sites excluding steroid dienone is 2. The number of nitrogens with zero attached hydrogens (tertiary/aromatic N) is 3. The van der Waals surface area contributed by atoms with Gasteiger partial charge in [0.15, 0.2) is 0 Å². The van der Waals surface area contributed by atoms with E-state index in [-0.39, 0.29) is 5.97 Å². The van der Waals surface area contributed by atoms with Gasteiger partial charge in [0, 0.05) is 24.3 Å². The van der Waals surface area contributed by atoms with Gasteiger partial charge in [-0.05, 0) is 24.8 Å². The number of unbranched alkanes of at least 4 members (excludes halogenated alkanes) is 2. The van der Waals surface area contributed by atoms with Crippen LogP contribution in [0.25, 0.3) is 10.4 Å². The van der Waals surface area contributed by atoms with Crippen molar-refractivity contribution in [3.63, 3.8) is 0 Å². The van der Waals surface area contributed by atoms with Gasteiger partial charge in [0.2, 0.25) is 0 Å². The van der Waals surface area contributed by atoms with Crippen LogP contribution in [0.2, 0.25) is 0 Å². The van der Waals surface area contributed by atoms with Crippen molar-refractivity contribution in [2.45, 2.75) is 51.0 Å². The fraction of sp³-hybridized carbons (Fsp3) is 0.625. The van der Waals surface area contributed by atoms with Crippen LogP contribution in [-0.4, -0.2) is 36.2 Å². The first-order valence-corrected chi connectivity index (χ1v) is 8.05. The molecular formula is C16H24N4O4. The van der Waals surface area contributed by atoms with Crippen LogP contribution in [0.1, 0.15) is 44.9 Å². The summed E-state index contributed by atoms with van der Waals surface area (Å²) in [5.74, 6) is -1.23. The molecule has 0 amide bonds. The topological polar surface area (TPSA) is 138 Å². The smallest absolute Gasteiger partial charge is 0.320 e. The number of azide groups is 1. The molecule has 0 spiro atoms. The van der Waals surface area contributed by atoms with Gasteiger partial charge in [-0.15, -0.1) is 0 Å². The third kappa shape index (κ3) is 8.36. The highest BCUT2D eigenvalue weighted by Crippen LogP contribution is 2.22. The van der Waals surface area contributed by atoms with Crippen molar-refractivity contribution >= 4 is 11.9 Å². The zero-order chi connectivity index (χ0) is 17.8. The van der Waals surface area contributed by atoms with Crippen LogP contribution in [0.15, 0.2) is 28.4 Å². The standard InChI is InChI=1S/C16H24N4O4/c17-14(16(22)23)4-2-1-3-5-15(21)24-9-8-12-6-7-13(10-12)11-19-20-18/h6-7,14H,1-5,8-11,17H2,(H,22,23)/t14-/m0/s1. The lowest BCUT2D eigenvalue weighted by molar-refractivity contribution is -0.143. The highest BCUT2D eigenvalue weighted by molar-refractivity contribution is 5.72. The Kier molecular flexibility index (Phi) is 9.26. The molecule has 8 nitrogen and oxygen atoms in total. The van der Waals surface area contributed by atoms with E-state index in [1.807, 2.05) is 12.2 Å². The number of ether oxygens (including phenoxy) is 1. The fourth-order valence-electron chi connectivity index (χ4n) is 2.35. The Morgan fingerprint density at radius 1 is 1.33 bits per heavy atom. The second-order valence-electron chi connectivity index (χ2n) is 5.73. The van der Waals surface area contributed by atoms with Gasteiger partial charge in [-0.25, -0.2) is 0 Å². The number of rotatable bonds is 12. The molecule has 0 heterocycles. The molecule has 0 aromatic heterocycles. The van der Waals surface area contributed by atoms with E-state index < -0.39 is 12.0 Å². The molecule has 0 aromatic carbocycles. The minimum Gasteiger partial charge on any atom is -0.480 e. The summed E-state index contributed by atoms with van der Waals surface area (Å²) in [5.41, 5.74) is 15.9. The van der Waals surface area contributed by atoms with Crippen molar-refractivity contribution in [1.29, 1.82) is 0 Å². The molecule has 0 fully saturated rings. The molecule has 1 aliphatic carbocycles. The largest absolute Gasteiger partial charge is 0.480 e. The lowest BCUT2D eigenvalue weighted by atomic mass is 10.1. The summed E-state index contributed by atoms with van der Waals surface area (Å²) in [4.78, 5) is 24.9. The zero-order valence-electron chi connectivity index (χ0n) is 13.7. The number of esters is 1. The van der Waals surface area contributed by atoms with Crippen molar-refractivity contribution in [2.24, 2.45) is 10.8 Å². The highest BCUT2D eigenvalue weighted by atomic mass is 16.5. The van der Waals surface area contributed by atoms with Crippen molar-refractivity contribution in [3.8, 4) is 0 Å². The van der Waals surface area contributed by atoms with E-state index >= 15 is 0 Å². The Hall–Kier alpha value is -2.31. The maximum atomic E-state index is 11.6. The highest BCUT2D eigenvalue weighted by Gasteiger charge is 2.11. The molecule has 1 rings (SSSR count). The summed E-state index contributed by atoms with van der Waals surface area (Å²) in [6.45, 7) is 0.721. The SMILES string of the molecule is [N-]=[N+]=NCC1=CC=C(CCOC(=O)CCCCC[C@H](N)C(=O)O)C1. The Balaban J connectivity index is 2.01. The van der Waals surface area contributed by atoms with Gasteiger partial charge in [-0.3, -0.25) is 9.59 Å². The molecule has 0 radical (unpaired) electrons. The molecule has 0 unspecified atom stereocenters. The van der Waals surface area contributed by atoms with Gasteiger partial charge in [0.25, 0.3) is 0 Å².